The second kappa shape index (κ2) is 6.64. The molecule has 104 valence electrons. The average Bonchev–Trinajstić information content (AvgIpc) is 2.39. The molecule has 0 saturated heterocycles. The predicted molar refractivity (Wildman–Crippen MR) is 72.3 cm³/mol. The van der Waals surface area contributed by atoms with Crippen LogP contribution in [-0.2, 0) is 0 Å². The standard InChI is InChI=1S/C15H21FN2O/c1-11-4-2-5-12(10-11)7-9-18-15(19)13-6-3-8-17-14(13)16/h3,6,8,11-12H,2,4-5,7,9-10H2,1H3,(H,18,19). The van der Waals surface area contributed by atoms with Gasteiger partial charge in [-0.15, -0.1) is 0 Å². The van der Waals surface area contributed by atoms with Crippen molar-refractivity contribution in [2.45, 2.75) is 39.0 Å². The van der Waals surface area contributed by atoms with Crippen LogP contribution in [0.15, 0.2) is 18.3 Å². The number of carbonyl (C=O) groups is 1. The molecule has 0 radical (unpaired) electrons. The van der Waals surface area contributed by atoms with E-state index in [9.17, 15) is 9.18 Å². The molecule has 0 aromatic carbocycles. The summed E-state index contributed by atoms with van der Waals surface area (Å²) in [5, 5.41) is 2.78. The van der Waals surface area contributed by atoms with Crippen LogP contribution in [-0.4, -0.2) is 17.4 Å². The van der Waals surface area contributed by atoms with Gasteiger partial charge in [0.2, 0.25) is 5.95 Å². The number of hydrogen-bond donors (Lipinski definition) is 1. The number of hydrogen-bond acceptors (Lipinski definition) is 2. The molecule has 1 aliphatic rings. The SMILES string of the molecule is CC1CCCC(CCNC(=O)c2cccnc2F)C1. The molecular weight excluding hydrogens is 243 g/mol. The van der Waals surface area contributed by atoms with Crippen molar-refractivity contribution in [3.05, 3.63) is 29.8 Å². The molecule has 0 aliphatic heterocycles. The smallest absolute Gasteiger partial charge is 0.255 e. The van der Waals surface area contributed by atoms with Crippen molar-refractivity contribution in [3.8, 4) is 0 Å². The Morgan fingerprint density at radius 2 is 2.37 bits per heavy atom. The molecule has 1 heterocycles. The fourth-order valence-corrected chi connectivity index (χ4v) is 2.86. The monoisotopic (exact) mass is 264 g/mol. The number of carbonyl (C=O) groups excluding carboxylic acids is 1. The van der Waals surface area contributed by atoms with E-state index in [1.54, 1.807) is 6.07 Å². The van der Waals surface area contributed by atoms with Crippen molar-refractivity contribution >= 4 is 5.91 Å². The van der Waals surface area contributed by atoms with Crippen LogP contribution in [0.5, 0.6) is 0 Å². The highest BCUT2D eigenvalue weighted by atomic mass is 19.1. The van der Waals surface area contributed by atoms with Gasteiger partial charge in [-0.1, -0.05) is 26.2 Å². The molecule has 1 saturated carbocycles. The van der Waals surface area contributed by atoms with E-state index in [0.717, 1.165) is 12.3 Å². The highest BCUT2D eigenvalue weighted by Crippen LogP contribution is 2.30. The normalized spacial score (nSPS) is 23.1. The summed E-state index contributed by atoms with van der Waals surface area (Å²) in [4.78, 5) is 15.3. The summed E-state index contributed by atoms with van der Waals surface area (Å²) in [6.45, 7) is 2.90. The van der Waals surface area contributed by atoms with Crippen molar-refractivity contribution in [1.82, 2.24) is 10.3 Å². The van der Waals surface area contributed by atoms with Crippen LogP contribution in [0.3, 0.4) is 0 Å². The van der Waals surface area contributed by atoms with Crippen LogP contribution in [0.2, 0.25) is 0 Å². The van der Waals surface area contributed by atoms with Crippen LogP contribution in [0.1, 0.15) is 49.4 Å². The Balaban J connectivity index is 1.76. The van der Waals surface area contributed by atoms with E-state index >= 15 is 0 Å². The fraction of sp³-hybridized carbons (Fsp3) is 0.600. The largest absolute Gasteiger partial charge is 0.352 e. The maximum Gasteiger partial charge on any atom is 0.255 e. The summed E-state index contributed by atoms with van der Waals surface area (Å²) >= 11 is 0. The summed E-state index contributed by atoms with van der Waals surface area (Å²) in [6.07, 6.45) is 7.44. The fourth-order valence-electron chi connectivity index (χ4n) is 2.86. The quantitative estimate of drug-likeness (QED) is 0.849. The number of nitrogens with one attached hydrogen (secondary N) is 1. The van der Waals surface area contributed by atoms with Crippen molar-refractivity contribution in [1.29, 1.82) is 0 Å². The Morgan fingerprint density at radius 3 is 3.11 bits per heavy atom. The van der Waals surface area contributed by atoms with Gasteiger partial charge in [0.1, 0.15) is 0 Å². The van der Waals surface area contributed by atoms with Gasteiger partial charge in [-0.25, -0.2) is 4.98 Å². The third-order valence-corrected chi connectivity index (χ3v) is 3.89. The molecule has 1 fully saturated rings. The zero-order valence-electron chi connectivity index (χ0n) is 11.4. The van der Waals surface area contributed by atoms with Crippen LogP contribution >= 0.6 is 0 Å². The Labute approximate surface area is 113 Å². The lowest BCUT2D eigenvalue weighted by molar-refractivity contribution is 0.0944. The molecular formula is C15H21FN2O. The minimum absolute atomic E-state index is 0.0273. The molecule has 1 amide bonds. The first kappa shape index (κ1) is 14.0. The van der Waals surface area contributed by atoms with E-state index < -0.39 is 5.95 Å². The van der Waals surface area contributed by atoms with Gasteiger partial charge in [-0.05, 0) is 36.8 Å². The van der Waals surface area contributed by atoms with Gasteiger partial charge in [-0.3, -0.25) is 4.79 Å². The molecule has 2 rings (SSSR count). The van der Waals surface area contributed by atoms with Gasteiger partial charge < -0.3 is 5.32 Å². The lowest BCUT2D eigenvalue weighted by atomic mass is 9.81. The summed E-state index contributed by atoms with van der Waals surface area (Å²) in [5.41, 5.74) is 0.0273. The highest BCUT2D eigenvalue weighted by Gasteiger charge is 2.19. The van der Waals surface area contributed by atoms with Gasteiger partial charge in [-0.2, -0.15) is 4.39 Å². The van der Waals surface area contributed by atoms with E-state index in [-0.39, 0.29) is 11.5 Å². The number of nitrogens with zero attached hydrogens (tertiary/aromatic N) is 1. The molecule has 1 aromatic heterocycles. The number of halogens is 1. The summed E-state index contributed by atoms with van der Waals surface area (Å²) in [7, 11) is 0. The number of aromatic nitrogens is 1. The zero-order chi connectivity index (χ0) is 13.7. The van der Waals surface area contributed by atoms with Crippen LogP contribution in [0.4, 0.5) is 4.39 Å². The first-order valence-corrected chi connectivity index (χ1v) is 7.05. The van der Waals surface area contributed by atoms with Gasteiger partial charge in [0.05, 0.1) is 5.56 Å². The second-order valence-corrected chi connectivity index (χ2v) is 5.52. The molecule has 4 heteroatoms. The minimum Gasteiger partial charge on any atom is -0.352 e. The van der Waals surface area contributed by atoms with E-state index in [2.05, 4.69) is 17.2 Å². The van der Waals surface area contributed by atoms with Crippen molar-refractivity contribution < 1.29 is 9.18 Å². The predicted octanol–water partition coefficient (Wildman–Crippen LogP) is 3.17. The zero-order valence-corrected chi connectivity index (χ0v) is 11.4. The van der Waals surface area contributed by atoms with Crippen molar-refractivity contribution in [3.63, 3.8) is 0 Å². The van der Waals surface area contributed by atoms with E-state index in [1.807, 2.05) is 0 Å². The number of rotatable bonds is 4. The molecule has 2 unspecified atom stereocenters. The van der Waals surface area contributed by atoms with Gasteiger partial charge in [0, 0.05) is 12.7 Å². The third-order valence-electron chi connectivity index (χ3n) is 3.89. The van der Waals surface area contributed by atoms with Gasteiger partial charge in [0.25, 0.3) is 5.91 Å². The Morgan fingerprint density at radius 1 is 1.53 bits per heavy atom. The van der Waals surface area contributed by atoms with E-state index in [1.165, 1.54) is 37.9 Å². The van der Waals surface area contributed by atoms with E-state index in [0.29, 0.717) is 12.5 Å². The van der Waals surface area contributed by atoms with Crippen LogP contribution in [0.25, 0.3) is 0 Å². The number of amides is 1. The molecule has 0 bridgehead atoms. The molecule has 0 spiro atoms. The maximum atomic E-state index is 13.3. The molecule has 1 N–H and O–H groups in total. The second-order valence-electron chi connectivity index (χ2n) is 5.52. The van der Waals surface area contributed by atoms with Crippen LogP contribution in [0, 0.1) is 17.8 Å². The van der Waals surface area contributed by atoms with Crippen molar-refractivity contribution in [2.75, 3.05) is 6.54 Å². The Bertz CT molecular complexity index is 436. The lowest BCUT2D eigenvalue weighted by Crippen LogP contribution is -2.28. The molecule has 2 atom stereocenters. The first-order valence-electron chi connectivity index (χ1n) is 7.05. The molecule has 19 heavy (non-hydrogen) atoms. The summed E-state index contributed by atoms with van der Waals surface area (Å²) in [5.74, 6) is 0.425. The maximum absolute atomic E-state index is 13.3. The van der Waals surface area contributed by atoms with Gasteiger partial charge in [0.15, 0.2) is 0 Å². The van der Waals surface area contributed by atoms with Crippen LogP contribution < -0.4 is 5.32 Å². The summed E-state index contributed by atoms with van der Waals surface area (Å²) < 4.78 is 13.3. The topological polar surface area (TPSA) is 42.0 Å². The Hall–Kier alpha value is -1.45. The van der Waals surface area contributed by atoms with E-state index in [4.69, 9.17) is 0 Å². The molecule has 3 nitrogen and oxygen atoms in total. The molecule has 1 aliphatic carbocycles. The number of pyridine rings is 1. The first-order chi connectivity index (χ1) is 9.16. The summed E-state index contributed by atoms with van der Waals surface area (Å²) in [6, 6.07) is 3.03. The van der Waals surface area contributed by atoms with Crippen molar-refractivity contribution in [2.24, 2.45) is 11.8 Å². The Kier molecular flexibility index (Phi) is 4.88. The minimum atomic E-state index is -0.703. The highest BCUT2D eigenvalue weighted by molar-refractivity contribution is 5.94. The molecule has 1 aromatic rings. The lowest BCUT2D eigenvalue weighted by Gasteiger charge is -2.26. The average molecular weight is 264 g/mol. The van der Waals surface area contributed by atoms with Gasteiger partial charge >= 0.3 is 0 Å². The third kappa shape index (κ3) is 4.01.